The van der Waals surface area contributed by atoms with Crippen LogP contribution >= 0.6 is 11.3 Å². The lowest BCUT2D eigenvalue weighted by Gasteiger charge is -2.26. The number of hydrogen-bond acceptors (Lipinski definition) is 8. The topological polar surface area (TPSA) is 114 Å². The Morgan fingerprint density at radius 1 is 1.24 bits per heavy atom. The van der Waals surface area contributed by atoms with Crippen LogP contribution in [0.4, 0.5) is 5.00 Å². The first kappa shape index (κ1) is 21.9. The van der Waals surface area contributed by atoms with Crippen LogP contribution in [0.2, 0.25) is 0 Å². The Labute approximate surface area is 194 Å². The lowest BCUT2D eigenvalue weighted by molar-refractivity contribution is 0.00931. The van der Waals surface area contributed by atoms with Gasteiger partial charge in [-0.3, -0.25) is 14.5 Å². The number of amides is 2. The SMILES string of the molecule is COc1ccc2c(c1)C(=O)N(CC1Cc3c(sc(NC4CCCCO4)c3C(=O)O)CO1)C2=O. The molecule has 174 valence electrons. The summed E-state index contributed by atoms with van der Waals surface area (Å²) in [6, 6.07) is 4.79. The van der Waals surface area contributed by atoms with Gasteiger partial charge in [-0.15, -0.1) is 11.3 Å². The zero-order valence-electron chi connectivity index (χ0n) is 18.1. The number of anilines is 1. The van der Waals surface area contributed by atoms with Crippen LogP contribution in [0, 0.1) is 0 Å². The van der Waals surface area contributed by atoms with Crippen molar-refractivity contribution in [3.8, 4) is 5.75 Å². The molecular formula is C23H24N2O7S. The first-order valence-corrected chi connectivity index (χ1v) is 11.7. The van der Waals surface area contributed by atoms with Gasteiger partial charge in [0.05, 0.1) is 43.1 Å². The average Bonchev–Trinajstić information content (AvgIpc) is 3.29. The molecule has 3 aliphatic heterocycles. The van der Waals surface area contributed by atoms with Crippen molar-refractivity contribution >= 4 is 34.1 Å². The Hall–Kier alpha value is -2.95. The molecule has 2 aromatic rings. The summed E-state index contributed by atoms with van der Waals surface area (Å²) in [5.74, 6) is -1.29. The van der Waals surface area contributed by atoms with Gasteiger partial charge in [-0.1, -0.05) is 0 Å². The van der Waals surface area contributed by atoms with Crippen LogP contribution in [-0.2, 0) is 22.5 Å². The normalized spacial score (nSPS) is 22.2. The Bertz CT molecular complexity index is 1120. The lowest BCUT2D eigenvalue weighted by Crippen LogP contribution is -2.40. The van der Waals surface area contributed by atoms with E-state index in [9.17, 15) is 19.5 Å². The zero-order chi connectivity index (χ0) is 23.1. The number of nitrogens with zero attached hydrogens (tertiary/aromatic N) is 1. The molecule has 0 bridgehead atoms. The van der Waals surface area contributed by atoms with E-state index in [2.05, 4.69) is 5.32 Å². The van der Waals surface area contributed by atoms with Crippen molar-refractivity contribution in [1.82, 2.24) is 4.90 Å². The van der Waals surface area contributed by atoms with E-state index in [4.69, 9.17) is 14.2 Å². The number of carboxylic acids is 1. The number of ether oxygens (including phenoxy) is 3. The molecular weight excluding hydrogens is 448 g/mol. The lowest BCUT2D eigenvalue weighted by atomic mass is 10.0. The van der Waals surface area contributed by atoms with Gasteiger partial charge in [0.15, 0.2) is 0 Å². The number of carbonyl (C=O) groups excluding carboxylic acids is 2. The van der Waals surface area contributed by atoms with Gasteiger partial charge in [-0.05, 0) is 43.0 Å². The molecule has 3 aliphatic rings. The van der Waals surface area contributed by atoms with E-state index in [1.165, 1.54) is 23.3 Å². The van der Waals surface area contributed by atoms with Gasteiger partial charge in [-0.25, -0.2) is 4.79 Å². The minimum atomic E-state index is -1.01. The highest BCUT2D eigenvalue weighted by molar-refractivity contribution is 7.16. The Morgan fingerprint density at radius 2 is 2.06 bits per heavy atom. The maximum atomic E-state index is 12.9. The Balaban J connectivity index is 1.34. The van der Waals surface area contributed by atoms with E-state index in [-0.39, 0.29) is 30.9 Å². The molecule has 33 heavy (non-hydrogen) atoms. The maximum absolute atomic E-state index is 12.9. The summed E-state index contributed by atoms with van der Waals surface area (Å²) >= 11 is 1.37. The minimum absolute atomic E-state index is 0.0531. The van der Waals surface area contributed by atoms with Gasteiger partial charge >= 0.3 is 5.97 Å². The molecule has 0 saturated carbocycles. The van der Waals surface area contributed by atoms with E-state index < -0.39 is 18.0 Å². The highest BCUT2D eigenvalue weighted by Crippen LogP contribution is 2.39. The van der Waals surface area contributed by atoms with Crippen molar-refractivity contribution in [2.24, 2.45) is 0 Å². The summed E-state index contributed by atoms with van der Waals surface area (Å²) in [6.45, 7) is 0.940. The van der Waals surface area contributed by atoms with Gasteiger partial charge in [0.2, 0.25) is 0 Å². The van der Waals surface area contributed by atoms with Gasteiger partial charge in [0.1, 0.15) is 17.0 Å². The summed E-state index contributed by atoms with van der Waals surface area (Å²) in [5.41, 5.74) is 1.56. The smallest absolute Gasteiger partial charge is 0.338 e. The number of aromatic carboxylic acids is 1. The van der Waals surface area contributed by atoms with Crippen molar-refractivity contribution in [3.05, 3.63) is 45.3 Å². The number of methoxy groups -OCH3 is 1. The van der Waals surface area contributed by atoms with Crippen LogP contribution in [0.1, 0.15) is 60.8 Å². The number of rotatable bonds is 6. The van der Waals surface area contributed by atoms with E-state index in [1.807, 2.05) is 0 Å². The monoisotopic (exact) mass is 472 g/mol. The van der Waals surface area contributed by atoms with E-state index in [0.29, 0.717) is 40.5 Å². The Morgan fingerprint density at radius 3 is 2.79 bits per heavy atom. The number of hydrogen-bond donors (Lipinski definition) is 2. The van der Waals surface area contributed by atoms with E-state index in [1.54, 1.807) is 18.2 Å². The summed E-state index contributed by atoms with van der Waals surface area (Å²) in [6.07, 6.45) is 2.47. The van der Waals surface area contributed by atoms with Crippen molar-refractivity contribution in [2.45, 2.75) is 44.6 Å². The second-order valence-electron chi connectivity index (χ2n) is 8.28. The molecule has 0 aliphatic carbocycles. The first-order valence-electron chi connectivity index (χ1n) is 10.9. The third-order valence-corrected chi connectivity index (χ3v) is 7.36. The number of nitrogens with one attached hydrogen (secondary N) is 1. The summed E-state index contributed by atoms with van der Waals surface area (Å²) < 4.78 is 16.8. The predicted octanol–water partition coefficient (Wildman–Crippen LogP) is 3.13. The standard InChI is InChI=1S/C23H24N2O7S/c1-30-12-5-6-14-15(8-12)22(27)25(21(14)26)10-13-9-16-17(11-32-13)33-20(19(16)23(28)29)24-18-4-2-3-7-31-18/h5-6,8,13,18,24H,2-4,7,9-11H2,1H3,(H,28,29). The van der Waals surface area contributed by atoms with Crippen LogP contribution in [0.25, 0.3) is 0 Å². The van der Waals surface area contributed by atoms with Gasteiger partial charge < -0.3 is 24.6 Å². The maximum Gasteiger partial charge on any atom is 0.338 e. The van der Waals surface area contributed by atoms with Crippen LogP contribution < -0.4 is 10.1 Å². The molecule has 1 fully saturated rings. The Kier molecular flexibility index (Phi) is 5.81. The van der Waals surface area contributed by atoms with Crippen molar-refractivity contribution in [3.63, 3.8) is 0 Å². The highest BCUT2D eigenvalue weighted by atomic mass is 32.1. The van der Waals surface area contributed by atoms with Crippen molar-refractivity contribution < 1.29 is 33.7 Å². The molecule has 10 heteroatoms. The van der Waals surface area contributed by atoms with Crippen molar-refractivity contribution in [2.75, 3.05) is 25.6 Å². The molecule has 2 N–H and O–H groups in total. The number of carbonyl (C=O) groups is 3. The summed E-state index contributed by atoms with van der Waals surface area (Å²) in [4.78, 5) is 39.8. The molecule has 2 atom stereocenters. The molecule has 1 aromatic heterocycles. The second-order valence-corrected chi connectivity index (χ2v) is 9.39. The molecule has 0 spiro atoms. The number of fused-ring (bicyclic) bond motifs is 2. The average molecular weight is 473 g/mol. The number of benzene rings is 1. The van der Waals surface area contributed by atoms with Crippen LogP contribution in [-0.4, -0.2) is 60.4 Å². The quantitative estimate of drug-likeness (QED) is 0.617. The molecule has 9 nitrogen and oxygen atoms in total. The first-order chi connectivity index (χ1) is 16.0. The molecule has 0 radical (unpaired) electrons. The molecule has 4 heterocycles. The van der Waals surface area contributed by atoms with Gasteiger partial charge in [0.25, 0.3) is 11.8 Å². The summed E-state index contributed by atoms with van der Waals surface area (Å²) in [7, 11) is 1.50. The number of thiophene rings is 1. The molecule has 1 saturated heterocycles. The third-order valence-electron chi connectivity index (χ3n) is 6.22. The van der Waals surface area contributed by atoms with Crippen LogP contribution in [0.15, 0.2) is 18.2 Å². The summed E-state index contributed by atoms with van der Waals surface area (Å²) in [5, 5.41) is 13.7. The zero-order valence-corrected chi connectivity index (χ0v) is 18.9. The molecule has 1 aromatic carbocycles. The highest BCUT2D eigenvalue weighted by Gasteiger charge is 2.39. The fourth-order valence-electron chi connectivity index (χ4n) is 4.54. The fraction of sp³-hybridized carbons (Fsp3) is 0.435. The minimum Gasteiger partial charge on any atom is -0.497 e. The predicted molar refractivity (Wildman–Crippen MR) is 119 cm³/mol. The van der Waals surface area contributed by atoms with E-state index in [0.717, 1.165) is 24.1 Å². The van der Waals surface area contributed by atoms with Crippen LogP contribution in [0.3, 0.4) is 0 Å². The second kappa shape index (κ2) is 8.77. The number of imide groups is 1. The molecule has 2 amide bonds. The van der Waals surface area contributed by atoms with Crippen LogP contribution in [0.5, 0.6) is 5.75 Å². The largest absolute Gasteiger partial charge is 0.497 e. The third kappa shape index (κ3) is 3.98. The van der Waals surface area contributed by atoms with E-state index >= 15 is 0 Å². The molecule has 2 unspecified atom stereocenters. The fourth-order valence-corrected chi connectivity index (χ4v) is 5.72. The molecule has 5 rings (SSSR count). The van der Waals surface area contributed by atoms with Gasteiger partial charge in [0, 0.05) is 17.9 Å². The van der Waals surface area contributed by atoms with Crippen molar-refractivity contribution in [1.29, 1.82) is 0 Å². The van der Waals surface area contributed by atoms with Gasteiger partial charge in [-0.2, -0.15) is 0 Å². The number of carboxylic acid groups (broad SMARTS) is 1.